The van der Waals surface area contributed by atoms with E-state index in [0.29, 0.717) is 65.8 Å². The monoisotopic (exact) mass is 454 g/mol. The molecule has 32 heavy (non-hydrogen) atoms. The lowest BCUT2D eigenvalue weighted by Crippen LogP contribution is -2.27. The van der Waals surface area contributed by atoms with E-state index < -0.39 is 6.09 Å². The summed E-state index contributed by atoms with van der Waals surface area (Å²) < 4.78 is 1.74. The summed E-state index contributed by atoms with van der Waals surface area (Å²) in [5.41, 5.74) is 8.52. The van der Waals surface area contributed by atoms with Gasteiger partial charge < -0.3 is 21.5 Å². The van der Waals surface area contributed by atoms with Crippen LogP contribution in [0.25, 0.3) is 22.3 Å². The van der Waals surface area contributed by atoms with Crippen molar-refractivity contribution in [2.75, 3.05) is 24.6 Å². The lowest BCUT2D eigenvalue weighted by Gasteiger charge is -2.06. The molecule has 11 nitrogen and oxygen atoms in total. The fourth-order valence-electron chi connectivity index (χ4n) is 3.36. The smallest absolute Gasteiger partial charge is 0.404 e. The molecule has 4 rings (SSSR count). The average molecular weight is 455 g/mol. The Bertz CT molecular complexity index is 1190. The molecule has 0 saturated heterocycles. The van der Waals surface area contributed by atoms with Crippen LogP contribution < -0.4 is 16.4 Å². The lowest BCUT2D eigenvalue weighted by atomic mass is 10.1. The second-order valence-corrected chi connectivity index (χ2v) is 8.12. The number of nitrogen functional groups attached to an aromatic ring is 1. The second-order valence-electron chi connectivity index (χ2n) is 7.04. The zero-order chi connectivity index (χ0) is 22.5. The van der Waals surface area contributed by atoms with Crippen molar-refractivity contribution in [3.63, 3.8) is 0 Å². The van der Waals surface area contributed by atoms with Gasteiger partial charge in [0.25, 0.3) is 5.91 Å². The summed E-state index contributed by atoms with van der Waals surface area (Å²) >= 11 is 1.52. The molecule has 3 heterocycles. The fourth-order valence-corrected chi connectivity index (χ4v) is 4.08. The van der Waals surface area contributed by atoms with Crippen LogP contribution in [0.4, 0.5) is 10.6 Å². The van der Waals surface area contributed by atoms with Gasteiger partial charge in [0.15, 0.2) is 10.8 Å². The molecule has 166 valence electrons. The first-order chi connectivity index (χ1) is 15.5. The van der Waals surface area contributed by atoms with Gasteiger partial charge in [-0.3, -0.25) is 9.79 Å². The summed E-state index contributed by atoms with van der Waals surface area (Å²) in [7, 11) is 0. The van der Waals surface area contributed by atoms with E-state index in [-0.39, 0.29) is 5.91 Å². The third kappa shape index (κ3) is 4.80. The van der Waals surface area contributed by atoms with Crippen LogP contribution in [0.5, 0.6) is 0 Å². The van der Waals surface area contributed by atoms with Crippen molar-refractivity contribution in [2.24, 2.45) is 4.99 Å². The minimum absolute atomic E-state index is 0.237. The van der Waals surface area contributed by atoms with Crippen LogP contribution >= 0.6 is 11.8 Å². The molecule has 1 aliphatic heterocycles. The number of hydrogen-bond acceptors (Lipinski definition) is 8. The maximum Gasteiger partial charge on any atom is 0.404 e. The number of amidine groups is 1. The molecule has 0 fully saturated rings. The predicted molar refractivity (Wildman–Crippen MR) is 123 cm³/mol. The summed E-state index contributed by atoms with van der Waals surface area (Å²) in [5, 5.41) is 19.8. The Kier molecular flexibility index (Phi) is 6.50. The number of rotatable bonds is 7. The number of fused-ring (bicyclic) bond motifs is 1. The first-order valence-electron chi connectivity index (χ1n) is 10.1. The van der Waals surface area contributed by atoms with Gasteiger partial charge in [-0.25, -0.2) is 19.4 Å². The molecule has 0 radical (unpaired) electrons. The summed E-state index contributed by atoms with van der Waals surface area (Å²) in [6, 6.07) is 7.13. The molecule has 0 saturated carbocycles. The van der Waals surface area contributed by atoms with Crippen LogP contribution in [-0.2, 0) is 6.54 Å². The number of nitrogens with one attached hydrogen (secondary N) is 2. The van der Waals surface area contributed by atoms with Crippen molar-refractivity contribution >= 4 is 45.8 Å². The highest BCUT2D eigenvalue weighted by Gasteiger charge is 2.19. The standard InChI is InChI=1S/C20H22N8O3S/c21-16-14-15(12-4-3-5-13(10-12)18(29)26-19-22-7-9-32-19)27-28(17(14)25-11-24-16)8-2-1-6-23-20(30)31/h3-5,10-11,23H,1-2,6-9H2,(H,30,31)(H2,21,24,25)(H,22,26,29). The highest BCUT2D eigenvalue weighted by molar-refractivity contribution is 8.14. The predicted octanol–water partition coefficient (Wildman–Crippen LogP) is 1.96. The quantitative estimate of drug-likeness (QED) is 0.394. The van der Waals surface area contributed by atoms with Crippen LogP contribution in [-0.4, -0.2) is 60.9 Å². The van der Waals surface area contributed by atoms with Crippen LogP contribution in [0.15, 0.2) is 35.6 Å². The molecule has 3 aromatic rings. The maximum absolute atomic E-state index is 12.6. The Hall–Kier alpha value is -3.67. The Morgan fingerprint density at radius 1 is 1.25 bits per heavy atom. The lowest BCUT2D eigenvalue weighted by molar-refractivity contribution is 0.0978. The van der Waals surface area contributed by atoms with Gasteiger partial charge in [-0.15, -0.1) is 0 Å². The first kappa shape index (κ1) is 21.6. The van der Waals surface area contributed by atoms with E-state index in [0.717, 1.165) is 11.3 Å². The minimum atomic E-state index is -1.04. The molecule has 0 unspecified atom stereocenters. The van der Waals surface area contributed by atoms with Gasteiger partial charge in [0.05, 0.1) is 11.9 Å². The molecule has 0 atom stereocenters. The van der Waals surface area contributed by atoms with Crippen molar-refractivity contribution in [3.8, 4) is 11.3 Å². The van der Waals surface area contributed by atoms with Crippen LogP contribution in [0.3, 0.4) is 0 Å². The van der Waals surface area contributed by atoms with Crippen molar-refractivity contribution < 1.29 is 14.7 Å². The Balaban J connectivity index is 1.59. The van der Waals surface area contributed by atoms with Crippen molar-refractivity contribution in [3.05, 3.63) is 36.2 Å². The van der Waals surface area contributed by atoms with Crippen molar-refractivity contribution in [2.45, 2.75) is 19.4 Å². The van der Waals surface area contributed by atoms with Crippen LogP contribution in [0.2, 0.25) is 0 Å². The molecule has 0 spiro atoms. The van der Waals surface area contributed by atoms with Gasteiger partial charge in [-0.1, -0.05) is 23.9 Å². The van der Waals surface area contributed by atoms with Gasteiger partial charge in [-0.2, -0.15) is 5.10 Å². The number of aryl methyl sites for hydroxylation is 1. The van der Waals surface area contributed by atoms with E-state index in [1.165, 1.54) is 18.1 Å². The molecule has 12 heteroatoms. The number of hydrogen-bond donors (Lipinski definition) is 4. The highest BCUT2D eigenvalue weighted by Crippen LogP contribution is 2.30. The summed E-state index contributed by atoms with van der Waals surface area (Å²) in [6.45, 7) is 1.60. The topological polar surface area (TPSA) is 160 Å². The zero-order valence-corrected chi connectivity index (χ0v) is 17.9. The number of thioether (sulfide) groups is 1. The summed E-state index contributed by atoms with van der Waals surface area (Å²) in [6.07, 6.45) is 1.69. The highest BCUT2D eigenvalue weighted by atomic mass is 32.2. The third-order valence-corrected chi connectivity index (χ3v) is 5.73. The molecular weight excluding hydrogens is 432 g/mol. The minimum Gasteiger partial charge on any atom is -0.465 e. The number of amides is 2. The molecular formula is C20H22N8O3S. The number of benzene rings is 1. The number of anilines is 1. The third-order valence-electron chi connectivity index (χ3n) is 4.84. The number of aromatic nitrogens is 4. The van der Waals surface area contributed by atoms with Gasteiger partial charge in [0.2, 0.25) is 0 Å². The molecule has 0 bridgehead atoms. The van der Waals surface area contributed by atoms with Gasteiger partial charge >= 0.3 is 6.09 Å². The Morgan fingerprint density at radius 3 is 2.91 bits per heavy atom. The molecule has 2 amide bonds. The molecule has 0 aliphatic carbocycles. The van der Waals surface area contributed by atoms with E-state index in [1.807, 2.05) is 6.07 Å². The van der Waals surface area contributed by atoms with Crippen molar-refractivity contribution in [1.82, 2.24) is 30.4 Å². The molecule has 5 N–H and O–H groups in total. The zero-order valence-electron chi connectivity index (χ0n) is 17.1. The molecule has 1 aromatic carbocycles. The van der Waals surface area contributed by atoms with Crippen LogP contribution in [0.1, 0.15) is 23.2 Å². The number of aliphatic imine (C=N–C) groups is 1. The fraction of sp³-hybridized carbons (Fsp3) is 0.300. The summed E-state index contributed by atoms with van der Waals surface area (Å²) in [4.78, 5) is 35.9. The largest absolute Gasteiger partial charge is 0.465 e. The van der Waals surface area contributed by atoms with Crippen LogP contribution in [0, 0.1) is 0 Å². The SMILES string of the molecule is Nc1ncnc2c1c(-c1cccc(C(=O)NC3=NCCS3)c1)nn2CCCCNC(=O)O. The number of unbranched alkanes of at least 4 members (excludes halogenated alkanes) is 1. The van der Waals surface area contributed by atoms with Gasteiger partial charge in [0, 0.05) is 30.0 Å². The Morgan fingerprint density at radius 2 is 2.12 bits per heavy atom. The number of carbonyl (C=O) groups is 2. The summed E-state index contributed by atoms with van der Waals surface area (Å²) in [5.74, 6) is 0.930. The van der Waals surface area contributed by atoms with Gasteiger partial charge in [-0.05, 0) is 25.0 Å². The second kappa shape index (κ2) is 9.64. The van der Waals surface area contributed by atoms with E-state index >= 15 is 0 Å². The number of carboxylic acid groups (broad SMARTS) is 1. The molecule has 1 aliphatic rings. The van der Waals surface area contributed by atoms with E-state index in [1.54, 1.807) is 22.9 Å². The van der Waals surface area contributed by atoms with Crippen molar-refractivity contribution in [1.29, 1.82) is 0 Å². The molecule has 2 aromatic heterocycles. The maximum atomic E-state index is 12.6. The van der Waals surface area contributed by atoms with E-state index in [2.05, 4.69) is 25.6 Å². The average Bonchev–Trinajstić information content (AvgIpc) is 3.42. The number of nitrogens with two attached hydrogens (primary N) is 1. The van der Waals surface area contributed by atoms with E-state index in [4.69, 9.17) is 15.9 Å². The normalized spacial score (nSPS) is 13.2. The number of nitrogens with zero attached hydrogens (tertiary/aromatic N) is 5. The number of carbonyl (C=O) groups excluding carboxylic acids is 1. The first-order valence-corrected chi connectivity index (χ1v) is 11.0. The van der Waals surface area contributed by atoms with E-state index in [9.17, 15) is 9.59 Å². The van der Waals surface area contributed by atoms with Gasteiger partial charge in [0.1, 0.15) is 17.8 Å². The Labute approximate surface area is 187 Å².